The van der Waals surface area contributed by atoms with Gasteiger partial charge in [0.15, 0.2) is 0 Å². The first-order valence-electron chi connectivity index (χ1n) is 6.28. The minimum atomic E-state index is 0.0890. The molecule has 1 atom stereocenters. The summed E-state index contributed by atoms with van der Waals surface area (Å²) in [6.07, 6.45) is 2.13. The van der Waals surface area contributed by atoms with Crippen LogP contribution in [-0.4, -0.2) is 23.4 Å². The molecule has 1 aromatic rings. The number of carbonyl (C=O) groups is 1. The second-order valence-corrected chi connectivity index (χ2v) is 5.82. The molecule has 1 amide bonds. The topological polar surface area (TPSA) is 32.3 Å². The smallest absolute Gasteiger partial charge is 0.238 e. The van der Waals surface area contributed by atoms with Crippen LogP contribution in [0.2, 0.25) is 0 Å². The van der Waals surface area contributed by atoms with E-state index in [0.29, 0.717) is 12.6 Å². The quantitative estimate of drug-likeness (QED) is 0.893. The number of nitrogens with zero attached hydrogens (tertiary/aromatic N) is 1. The second-order valence-electron chi connectivity index (χ2n) is 4.50. The van der Waals surface area contributed by atoms with Crippen LogP contribution in [0.3, 0.4) is 0 Å². The minimum Gasteiger partial charge on any atom is -0.318 e. The lowest BCUT2D eigenvalue weighted by molar-refractivity contribution is -0.130. The highest BCUT2D eigenvalue weighted by atomic mass is 32.1. The van der Waals surface area contributed by atoms with E-state index in [1.807, 2.05) is 4.90 Å². The molecule has 0 aromatic carbocycles. The molecular formula is C13H20N2OS. The molecule has 1 fully saturated rings. The van der Waals surface area contributed by atoms with Crippen LogP contribution in [0.15, 0.2) is 12.1 Å². The van der Waals surface area contributed by atoms with Crippen molar-refractivity contribution >= 4 is 17.2 Å². The van der Waals surface area contributed by atoms with E-state index in [-0.39, 0.29) is 12.1 Å². The lowest BCUT2D eigenvalue weighted by atomic mass is 10.1. The summed E-state index contributed by atoms with van der Waals surface area (Å²) < 4.78 is 0. The van der Waals surface area contributed by atoms with Crippen molar-refractivity contribution in [2.75, 3.05) is 6.54 Å². The van der Waals surface area contributed by atoms with Gasteiger partial charge in [-0.15, -0.1) is 11.3 Å². The van der Waals surface area contributed by atoms with E-state index in [9.17, 15) is 4.79 Å². The molecule has 1 N–H and O–H groups in total. The van der Waals surface area contributed by atoms with Crippen LogP contribution >= 0.6 is 11.3 Å². The van der Waals surface area contributed by atoms with Gasteiger partial charge < -0.3 is 4.90 Å². The van der Waals surface area contributed by atoms with E-state index in [2.05, 4.69) is 38.2 Å². The molecule has 2 rings (SSSR count). The first-order chi connectivity index (χ1) is 8.17. The van der Waals surface area contributed by atoms with E-state index in [1.54, 1.807) is 11.3 Å². The SMILES string of the molecule is CCC(CC)N1C(=O)CNC1c1ccc(C)s1. The fourth-order valence-electron chi connectivity index (χ4n) is 2.45. The zero-order chi connectivity index (χ0) is 12.4. The highest BCUT2D eigenvalue weighted by Gasteiger charge is 2.35. The Labute approximate surface area is 107 Å². The first kappa shape index (κ1) is 12.6. The van der Waals surface area contributed by atoms with Gasteiger partial charge in [0.2, 0.25) is 5.91 Å². The van der Waals surface area contributed by atoms with Crippen LogP contribution in [0, 0.1) is 6.92 Å². The third-order valence-corrected chi connectivity index (χ3v) is 4.43. The normalized spacial score (nSPS) is 20.6. The van der Waals surface area contributed by atoms with Gasteiger partial charge in [-0.1, -0.05) is 13.8 Å². The molecule has 2 heterocycles. The average molecular weight is 252 g/mol. The van der Waals surface area contributed by atoms with Crippen LogP contribution in [-0.2, 0) is 4.79 Å². The molecule has 0 saturated carbocycles. The predicted molar refractivity (Wildman–Crippen MR) is 71.0 cm³/mol. The molecular weight excluding hydrogens is 232 g/mol. The van der Waals surface area contributed by atoms with Gasteiger partial charge in [0.05, 0.1) is 6.54 Å². The van der Waals surface area contributed by atoms with Crippen molar-refractivity contribution in [3.63, 3.8) is 0 Å². The van der Waals surface area contributed by atoms with Crippen molar-refractivity contribution in [3.8, 4) is 0 Å². The number of hydrogen-bond donors (Lipinski definition) is 1. The Bertz CT molecular complexity index is 398. The van der Waals surface area contributed by atoms with E-state index >= 15 is 0 Å². The van der Waals surface area contributed by atoms with Gasteiger partial charge in [-0.2, -0.15) is 0 Å². The summed E-state index contributed by atoms with van der Waals surface area (Å²) in [5, 5.41) is 3.32. The molecule has 1 saturated heterocycles. The molecule has 0 bridgehead atoms. The highest BCUT2D eigenvalue weighted by molar-refractivity contribution is 7.12. The lowest BCUT2D eigenvalue weighted by Crippen LogP contribution is -2.38. The number of thiophene rings is 1. The average Bonchev–Trinajstić information content (AvgIpc) is 2.88. The Morgan fingerprint density at radius 2 is 2.18 bits per heavy atom. The molecule has 3 nitrogen and oxygen atoms in total. The maximum Gasteiger partial charge on any atom is 0.238 e. The standard InChI is InChI=1S/C13H20N2OS/c1-4-10(5-2)15-12(16)8-14-13(15)11-7-6-9(3)17-11/h6-7,10,13-14H,4-5,8H2,1-3H3. The Morgan fingerprint density at radius 1 is 1.47 bits per heavy atom. The van der Waals surface area contributed by atoms with Gasteiger partial charge in [0.1, 0.15) is 6.17 Å². The highest BCUT2D eigenvalue weighted by Crippen LogP contribution is 2.31. The maximum absolute atomic E-state index is 12.0. The summed E-state index contributed by atoms with van der Waals surface area (Å²) in [7, 11) is 0. The first-order valence-corrected chi connectivity index (χ1v) is 7.09. The monoisotopic (exact) mass is 252 g/mol. The van der Waals surface area contributed by atoms with Crippen LogP contribution in [0.25, 0.3) is 0 Å². The van der Waals surface area contributed by atoms with E-state index in [1.165, 1.54) is 9.75 Å². The number of carbonyl (C=O) groups excluding carboxylic acids is 1. The second kappa shape index (κ2) is 5.19. The molecule has 1 aromatic heterocycles. The van der Waals surface area contributed by atoms with Crippen molar-refractivity contribution in [1.29, 1.82) is 0 Å². The number of rotatable bonds is 4. The Hall–Kier alpha value is -0.870. The Balaban J connectivity index is 2.24. The molecule has 94 valence electrons. The summed E-state index contributed by atoms with van der Waals surface area (Å²) >= 11 is 1.77. The lowest BCUT2D eigenvalue weighted by Gasteiger charge is -2.31. The van der Waals surface area contributed by atoms with Gasteiger partial charge in [-0.3, -0.25) is 10.1 Å². The van der Waals surface area contributed by atoms with Crippen LogP contribution in [0.5, 0.6) is 0 Å². The molecule has 0 spiro atoms. The fraction of sp³-hybridized carbons (Fsp3) is 0.615. The summed E-state index contributed by atoms with van der Waals surface area (Å²) in [5.74, 6) is 0.231. The third kappa shape index (κ3) is 2.38. The molecule has 0 aliphatic carbocycles. The number of amides is 1. The third-order valence-electron chi connectivity index (χ3n) is 3.38. The molecule has 17 heavy (non-hydrogen) atoms. The van der Waals surface area contributed by atoms with Crippen LogP contribution < -0.4 is 5.32 Å². The predicted octanol–water partition coefficient (Wildman–Crippen LogP) is 2.68. The van der Waals surface area contributed by atoms with E-state index < -0.39 is 0 Å². The number of aryl methyl sites for hydroxylation is 1. The van der Waals surface area contributed by atoms with Gasteiger partial charge in [-0.25, -0.2) is 0 Å². The van der Waals surface area contributed by atoms with Crippen LogP contribution in [0.1, 0.15) is 42.6 Å². The Kier molecular flexibility index (Phi) is 3.84. The van der Waals surface area contributed by atoms with Gasteiger partial charge in [0, 0.05) is 15.8 Å². The number of nitrogens with one attached hydrogen (secondary N) is 1. The van der Waals surface area contributed by atoms with Crippen molar-refractivity contribution < 1.29 is 4.79 Å². The summed E-state index contributed by atoms with van der Waals surface area (Å²) in [4.78, 5) is 16.6. The van der Waals surface area contributed by atoms with Gasteiger partial charge in [0.25, 0.3) is 0 Å². The van der Waals surface area contributed by atoms with Crippen molar-refractivity contribution in [2.45, 2.75) is 45.8 Å². The number of hydrogen-bond acceptors (Lipinski definition) is 3. The van der Waals surface area contributed by atoms with E-state index in [0.717, 1.165) is 12.8 Å². The van der Waals surface area contributed by atoms with Crippen molar-refractivity contribution in [1.82, 2.24) is 10.2 Å². The molecule has 4 heteroatoms. The maximum atomic E-state index is 12.0. The zero-order valence-electron chi connectivity index (χ0n) is 10.7. The summed E-state index contributed by atoms with van der Waals surface area (Å²) in [6.45, 7) is 6.87. The molecule has 0 radical (unpaired) electrons. The zero-order valence-corrected chi connectivity index (χ0v) is 11.5. The molecule has 1 unspecified atom stereocenters. The Morgan fingerprint density at radius 3 is 2.71 bits per heavy atom. The summed E-state index contributed by atoms with van der Waals surface area (Å²) in [5.41, 5.74) is 0. The molecule has 1 aliphatic heterocycles. The molecule has 1 aliphatic rings. The minimum absolute atomic E-state index is 0.0890. The van der Waals surface area contributed by atoms with Crippen LogP contribution in [0.4, 0.5) is 0 Å². The van der Waals surface area contributed by atoms with E-state index in [4.69, 9.17) is 0 Å². The van der Waals surface area contributed by atoms with Gasteiger partial charge in [-0.05, 0) is 31.9 Å². The summed E-state index contributed by atoms with van der Waals surface area (Å²) in [6, 6.07) is 4.60. The van der Waals surface area contributed by atoms with Crippen molar-refractivity contribution in [3.05, 3.63) is 21.9 Å². The largest absolute Gasteiger partial charge is 0.318 e. The van der Waals surface area contributed by atoms with Gasteiger partial charge >= 0.3 is 0 Å². The van der Waals surface area contributed by atoms with Crippen molar-refractivity contribution in [2.24, 2.45) is 0 Å². The fourth-order valence-corrected chi connectivity index (χ4v) is 3.40.